The smallest absolute Gasteiger partial charge is 0.126 e. The van der Waals surface area contributed by atoms with E-state index in [1.807, 2.05) is 12.1 Å². The first-order valence-corrected chi connectivity index (χ1v) is 7.44. The Morgan fingerprint density at radius 2 is 2.10 bits per heavy atom. The molecule has 0 aliphatic heterocycles. The fraction of sp³-hybridized carbons (Fsp3) is 0.533. The monoisotopic (exact) mass is 294 g/mol. The number of hydrogen-bond donors (Lipinski definition) is 1. The lowest BCUT2D eigenvalue weighted by Crippen LogP contribution is -2.21. The number of nitrogens with zero attached hydrogens (tertiary/aromatic N) is 3. The lowest BCUT2D eigenvalue weighted by molar-refractivity contribution is 0.301. The molecular weight excluding hydrogens is 272 g/mol. The van der Waals surface area contributed by atoms with Crippen LogP contribution >= 0.6 is 11.6 Å². The topological polar surface area (TPSA) is 47.1 Å². The third-order valence-corrected chi connectivity index (χ3v) is 3.96. The third-order valence-electron chi connectivity index (χ3n) is 3.72. The van der Waals surface area contributed by atoms with Crippen LogP contribution in [0.4, 0.5) is 0 Å². The highest BCUT2D eigenvalue weighted by Gasteiger charge is 2.18. The van der Waals surface area contributed by atoms with Gasteiger partial charge in [0.1, 0.15) is 5.82 Å². The summed E-state index contributed by atoms with van der Waals surface area (Å²) in [7, 11) is 4.14. The second-order valence-electron chi connectivity index (χ2n) is 5.39. The molecule has 110 valence electrons. The Morgan fingerprint density at radius 3 is 2.75 bits per heavy atom. The molecule has 1 atom stereocenters. The van der Waals surface area contributed by atoms with E-state index in [-0.39, 0.29) is 6.04 Å². The quantitative estimate of drug-likeness (QED) is 0.833. The highest BCUT2D eigenvalue weighted by molar-refractivity contribution is 6.31. The molecule has 2 N–H and O–H groups in total. The van der Waals surface area contributed by atoms with E-state index in [1.165, 1.54) is 0 Å². The molecule has 0 bridgehead atoms. The van der Waals surface area contributed by atoms with E-state index < -0.39 is 0 Å². The maximum absolute atomic E-state index is 6.07. The van der Waals surface area contributed by atoms with Crippen molar-refractivity contribution in [1.82, 2.24) is 14.5 Å². The second kappa shape index (κ2) is 6.57. The number of rotatable bonds is 6. The van der Waals surface area contributed by atoms with E-state index in [9.17, 15) is 0 Å². The molecule has 0 saturated heterocycles. The Kier molecular flexibility index (Phi) is 5.02. The van der Waals surface area contributed by atoms with Gasteiger partial charge in [0.15, 0.2) is 0 Å². The third kappa shape index (κ3) is 3.14. The summed E-state index contributed by atoms with van der Waals surface area (Å²) in [6.07, 6.45) is 2.10. The second-order valence-corrected chi connectivity index (χ2v) is 5.83. The normalized spacial score (nSPS) is 13.3. The van der Waals surface area contributed by atoms with E-state index in [1.54, 1.807) is 0 Å². The van der Waals surface area contributed by atoms with Crippen molar-refractivity contribution in [2.24, 2.45) is 5.73 Å². The number of benzene rings is 1. The van der Waals surface area contributed by atoms with Gasteiger partial charge in [0.05, 0.1) is 17.1 Å². The van der Waals surface area contributed by atoms with Crippen LogP contribution in [0, 0.1) is 0 Å². The highest BCUT2D eigenvalue weighted by Crippen LogP contribution is 2.26. The first-order chi connectivity index (χ1) is 9.54. The van der Waals surface area contributed by atoms with E-state index in [0.29, 0.717) is 0 Å². The van der Waals surface area contributed by atoms with E-state index in [0.717, 1.165) is 47.8 Å². The Morgan fingerprint density at radius 1 is 1.35 bits per heavy atom. The minimum absolute atomic E-state index is 0.263. The van der Waals surface area contributed by atoms with Gasteiger partial charge in [-0.15, -0.1) is 0 Å². The zero-order valence-electron chi connectivity index (χ0n) is 12.4. The zero-order chi connectivity index (χ0) is 14.7. The van der Waals surface area contributed by atoms with Gasteiger partial charge in [-0.25, -0.2) is 4.98 Å². The summed E-state index contributed by atoms with van der Waals surface area (Å²) in [5.74, 6) is 1.09. The van der Waals surface area contributed by atoms with Crippen molar-refractivity contribution < 1.29 is 0 Å². The molecule has 2 aromatic rings. The van der Waals surface area contributed by atoms with Crippen molar-refractivity contribution in [3.63, 3.8) is 0 Å². The number of nitrogens with two attached hydrogens (primary N) is 1. The van der Waals surface area contributed by atoms with Gasteiger partial charge in [-0.3, -0.25) is 4.90 Å². The fourth-order valence-electron chi connectivity index (χ4n) is 2.32. The Bertz CT molecular complexity index is 577. The molecule has 2 rings (SSSR count). The van der Waals surface area contributed by atoms with Gasteiger partial charge in [0.2, 0.25) is 0 Å². The van der Waals surface area contributed by atoms with E-state index in [2.05, 4.69) is 36.6 Å². The fourth-order valence-corrected chi connectivity index (χ4v) is 2.49. The van der Waals surface area contributed by atoms with Crippen molar-refractivity contribution in [2.45, 2.75) is 32.4 Å². The largest absolute Gasteiger partial charge is 0.330 e. The van der Waals surface area contributed by atoms with Crippen LogP contribution < -0.4 is 5.73 Å². The van der Waals surface area contributed by atoms with Crippen LogP contribution in [0.2, 0.25) is 5.02 Å². The SMILES string of the molecule is CC(c1nc2cc(Cl)ccc2n1CCCCN)N(C)C. The number of aryl methyl sites for hydroxylation is 1. The first kappa shape index (κ1) is 15.3. The summed E-state index contributed by atoms with van der Waals surface area (Å²) in [6, 6.07) is 6.18. The molecule has 0 amide bonds. The van der Waals surface area contributed by atoms with E-state index >= 15 is 0 Å². The summed E-state index contributed by atoms with van der Waals surface area (Å²) >= 11 is 6.07. The minimum Gasteiger partial charge on any atom is -0.330 e. The molecule has 0 saturated carbocycles. The molecule has 1 aromatic heterocycles. The van der Waals surface area contributed by atoms with Gasteiger partial charge in [0.25, 0.3) is 0 Å². The molecular formula is C15H23ClN4. The molecule has 0 aliphatic rings. The van der Waals surface area contributed by atoms with Gasteiger partial charge in [-0.1, -0.05) is 11.6 Å². The average molecular weight is 295 g/mol. The molecule has 1 heterocycles. The standard InChI is InChI=1S/C15H23ClN4/c1-11(19(2)3)15-18-13-10-12(16)6-7-14(13)20(15)9-5-4-8-17/h6-7,10-11H,4-5,8-9,17H2,1-3H3. The lowest BCUT2D eigenvalue weighted by atomic mass is 10.2. The molecule has 4 nitrogen and oxygen atoms in total. The molecule has 0 fully saturated rings. The molecule has 1 unspecified atom stereocenters. The first-order valence-electron chi connectivity index (χ1n) is 7.06. The predicted molar refractivity (Wildman–Crippen MR) is 85.1 cm³/mol. The molecule has 1 aromatic carbocycles. The van der Waals surface area contributed by atoms with Crippen molar-refractivity contribution in [1.29, 1.82) is 0 Å². The molecule has 20 heavy (non-hydrogen) atoms. The zero-order valence-corrected chi connectivity index (χ0v) is 13.2. The van der Waals surface area contributed by atoms with Gasteiger partial charge in [0, 0.05) is 11.6 Å². The van der Waals surface area contributed by atoms with Crippen molar-refractivity contribution in [3.05, 3.63) is 29.0 Å². The van der Waals surface area contributed by atoms with E-state index in [4.69, 9.17) is 22.3 Å². The van der Waals surface area contributed by atoms with Gasteiger partial charge >= 0.3 is 0 Å². The van der Waals surface area contributed by atoms with Crippen LogP contribution in [0.15, 0.2) is 18.2 Å². The van der Waals surface area contributed by atoms with Crippen LogP contribution in [0.25, 0.3) is 11.0 Å². The Balaban J connectivity index is 2.44. The number of imidazole rings is 1. The van der Waals surface area contributed by atoms with Crippen LogP contribution in [0.3, 0.4) is 0 Å². The maximum Gasteiger partial charge on any atom is 0.126 e. The number of aromatic nitrogens is 2. The summed E-state index contributed by atoms with van der Waals surface area (Å²) in [5, 5.41) is 0.730. The average Bonchev–Trinajstić information content (AvgIpc) is 2.76. The summed E-state index contributed by atoms with van der Waals surface area (Å²) in [4.78, 5) is 6.95. The number of hydrogen-bond acceptors (Lipinski definition) is 3. The Hall–Kier alpha value is -1.10. The molecule has 0 radical (unpaired) electrons. The predicted octanol–water partition coefficient (Wildman–Crippen LogP) is 3.05. The number of unbranched alkanes of at least 4 members (excludes halogenated alkanes) is 1. The lowest BCUT2D eigenvalue weighted by Gasteiger charge is -2.20. The van der Waals surface area contributed by atoms with Gasteiger partial charge < -0.3 is 10.3 Å². The van der Waals surface area contributed by atoms with Crippen molar-refractivity contribution in [3.8, 4) is 0 Å². The number of fused-ring (bicyclic) bond motifs is 1. The van der Waals surface area contributed by atoms with Crippen LogP contribution in [0.5, 0.6) is 0 Å². The van der Waals surface area contributed by atoms with Gasteiger partial charge in [-0.05, 0) is 58.6 Å². The molecule has 0 aliphatic carbocycles. The minimum atomic E-state index is 0.263. The summed E-state index contributed by atoms with van der Waals surface area (Å²) in [5.41, 5.74) is 7.71. The maximum atomic E-state index is 6.07. The summed E-state index contributed by atoms with van der Waals surface area (Å²) in [6.45, 7) is 3.85. The van der Waals surface area contributed by atoms with Crippen molar-refractivity contribution in [2.75, 3.05) is 20.6 Å². The highest BCUT2D eigenvalue weighted by atomic mass is 35.5. The van der Waals surface area contributed by atoms with Crippen LogP contribution in [-0.4, -0.2) is 35.1 Å². The number of halogens is 1. The summed E-state index contributed by atoms with van der Waals surface area (Å²) < 4.78 is 2.30. The van der Waals surface area contributed by atoms with Crippen molar-refractivity contribution >= 4 is 22.6 Å². The molecule has 5 heteroatoms. The van der Waals surface area contributed by atoms with Crippen LogP contribution in [0.1, 0.15) is 31.6 Å². The van der Waals surface area contributed by atoms with Gasteiger partial charge in [-0.2, -0.15) is 0 Å². The molecule has 0 spiro atoms. The Labute approximate surface area is 125 Å². The van der Waals surface area contributed by atoms with Crippen LogP contribution in [-0.2, 0) is 6.54 Å².